The number of pyridine rings is 1. The van der Waals surface area contributed by atoms with E-state index >= 15 is 0 Å². The Balaban J connectivity index is 3.03. The van der Waals surface area contributed by atoms with Crippen LogP contribution < -0.4 is 5.32 Å². The fourth-order valence-electron chi connectivity index (χ4n) is 0.901. The maximum absolute atomic E-state index is 8.30. The smallest absolute Gasteiger partial charge is 0.125 e. The van der Waals surface area contributed by atoms with Crippen molar-refractivity contribution >= 4 is 12.0 Å². The van der Waals surface area contributed by atoms with Crippen molar-refractivity contribution in [2.45, 2.75) is 6.92 Å². The minimum absolute atomic E-state index is 0.808. The van der Waals surface area contributed by atoms with Gasteiger partial charge in [0, 0.05) is 18.8 Å². The summed E-state index contributed by atoms with van der Waals surface area (Å²) in [5, 5.41) is 14.2. The molecule has 1 aromatic rings. The number of hydrogen-bond donors (Lipinski definition) is 2. The fraction of sp³-hybridized carbons (Fsp3) is 0.250. The zero-order chi connectivity index (χ0) is 8.97. The Labute approximate surface area is 70.9 Å². The van der Waals surface area contributed by atoms with Gasteiger partial charge in [-0.1, -0.05) is 5.16 Å². The van der Waals surface area contributed by atoms with Gasteiger partial charge in [0.2, 0.25) is 0 Å². The monoisotopic (exact) mass is 165 g/mol. The highest BCUT2D eigenvalue weighted by atomic mass is 16.4. The highest BCUT2D eigenvalue weighted by Crippen LogP contribution is 2.08. The molecule has 0 fully saturated rings. The van der Waals surface area contributed by atoms with Crippen molar-refractivity contribution in [2.75, 3.05) is 12.4 Å². The summed E-state index contributed by atoms with van der Waals surface area (Å²) in [6.45, 7) is 1.93. The molecule has 0 atom stereocenters. The van der Waals surface area contributed by atoms with Crippen LogP contribution in [-0.4, -0.2) is 23.5 Å². The van der Waals surface area contributed by atoms with Crippen LogP contribution in [0.3, 0.4) is 0 Å². The number of rotatable bonds is 2. The predicted octanol–water partition coefficient (Wildman–Crippen LogP) is 1.24. The SMILES string of the molecule is CNc1cc(C)c(C=NO)cn1. The maximum Gasteiger partial charge on any atom is 0.125 e. The first-order valence-electron chi connectivity index (χ1n) is 3.59. The molecule has 1 heterocycles. The van der Waals surface area contributed by atoms with Gasteiger partial charge in [0.1, 0.15) is 5.82 Å². The molecule has 4 nitrogen and oxygen atoms in total. The van der Waals surface area contributed by atoms with Crippen molar-refractivity contribution in [3.63, 3.8) is 0 Å². The van der Waals surface area contributed by atoms with Crippen LogP contribution in [0.2, 0.25) is 0 Å². The molecule has 4 heteroatoms. The molecule has 1 rings (SSSR count). The quantitative estimate of drug-likeness (QED) is 0.394. The number of oxime groups is 1. The molecule has 0 radical (unpaired) electrons. The van der Waals surface area contributed by atoms with Crippen LogP contribution in [0, 0.1) is 6.92 Å². The summed E-state index contributed by atoms with van der Waals surface area (Å²) >= 11 is 0. The Hall–Kier alpha value is -1.58. The highest BCUT2D eigenvalue weighted by molar-refractivity contribution is 5.81. The second-order valence-corrected chi connectivity index (χ2v) is 2.42. The molecule has 1 aromatic heterocycles. The molecule has 0 saturated carbocycles. The summed E-state index contributed by atoms with van der Waals surface area (Å²) in [6, 6.07) is 1.89. The van der Waals surface area contributed by atoms with E-state index in [-0.39, 0.29) is 0 Å². The average molecular weight is 165 g/mol. The Kier molecular flexibility index (Phi) is 2.63. The Morgan fingerprint density at radius 3 is 2.92 bits per heavy atom. The first kappa shape index (κ1) is 8.52. The zero-order valence-electron chi connectivity index (χ0n) is 7.07. The first-order valence-corrected chi connectivity index (χ1v) is 3.59. The largest absolute Gasteiger partial charge is 0.411 e. The molecule has 0 spiro atoms. The van der Waals surface area contributed by atoms with Gasteiger partial charge in [0.15, 0.2) is 0 Å². The lowest BCUT2D eigenvalue weighted by Gasteiger charge is -2.01. The third kappa shape index (κ3) is 1.72. The lowest BCUT2D eigenvalue weighted by atomic mass is 10.2. The molecule has 0 aromatic carbocycles. The number of aryl methyl sites for hydroxylation is 1. The highest BCUT2D eigenvalue weighted by Gasteiger charge is 1.96. The van der Waals surface area contributed by atoms with Gasteiger partial charge in [-0.3, -0.25) is 0 Å². The lowest BCUT2D eigenvalue weighted by molar-refractivity contribution is 0.322. The third-order valence-corrected chi connectivity index (χ3v) is 1.60. The Morgan fingerprint density at radius 1 is 1.67 bits per heavy atom. The van der Waals surface area contributed by atoms with Crippen LogP contribution in [0.25, 0.3) is 0 Å². The molecule has 0 aliphatic rings. The van der Waals surface area contributed by atoms with Crippen molar-refractivity contribution < 1.29 is 5.21 Å². The zero-order valence-corrected chi connectivity index (χ0v) is 7.07. The van der Waals surface area contributed by atoms with E-state index in [1.165, 1.54) is 6.21 Å². The molecule has 2 N–H and O–H groups in total. The maximum atomic E-state index is 8.30. The van der Waals surface area contributed by atoms with E-state index in [1.54, 1.807) is 6.20 Å². The van der Waals surface area contributed by atoms with E-state index < -0.39 is 0 Å². The van der Waals surface area contributed by atoms with Crippen molar-refractivity contribution in [1.29, 1.82) is 0 Å². The van der Waals surface area contributed by atoms with E-state index in [4.69, 9.17) is 5.21 Å². The van der Waals surface area contributed by atoms with Crippen LogP contribution in [0.5, 0.6) is 0 Å². The molecule has 64 valence electrons. The lowest BCUT2D eigenvalue weighted by Crippen LogP contribution is -1.95. The van der Waals surface area contributed by atoms with Gasteiger partial charge < -0.3 is 10.5 Å². The van der Waals surface area contributed by atoms with Gasteiger partial charge in [-0.15, -0.1) is 0 Å². The Morgan fingerprint density at radius 2 is 2.42 bits per heavy atom. The standard InChI is InChI=1S/C8H11N3O/c1-6-3-8(9-2)10-4-7(6)5-11-12/h3-5,12H,1-2H3,(H,9,10). The van der Waals surface area contributed by atoms with Crippen molar-refractivity contribution in [3.05, 3.63) is 23.4 Å². The summed E-state index contributed by atoms with van der Waals surface area (Å²) in [4.78, 5) is 4.06. The Bertz CT molecular complexity index is 296. The van der Waals surface area contributed by atoms with Gasteiger partial charge in [-0.2, -0.15) is 0 Å². The van der Waals surface area contributed by atoms with Crippen LogP contribution in [-0.2, 0) is 0 Å². The fourth-order valence-corrected chi connectivity index (χ4v) is 0.901. The van der Waals surface area contributed by atoms with Gasteiger partial charge >= 0.3 is 0 Å². The number of aromatic nitrogens is 1. The minimum Gasteiger partial charge on any atom is -0.411 e. The summed E-state index contributed by atoms with van der Waals surface area (Å²) in [5.74, 6) is 0.808. The summed E-state index contributed by atoms with van der Waals surface area (Å²) in [5.41, 5.74) is 1.84. The van der Waals surface area contributed by atoms with Crippen LogP contribution in [0.1, 0.15) is 11.1 Å². The second-order valence-electron chi connectivity index (χ2n) is 2.42. The van der Waals surface area contributed by atoms with Crippen LogP contribution >= 0.6 is 0 Å². The van der Waals surface area contributed by atoms with Crippen LogP contribution in [0.4, 0.5) is 5.82 Å². The van der Waals surface area contributed by atoms with Crippen molar-refractivity contribution in [2.24, 2.45) is 5.16 Å². The van der Waals surface area contributed by atoms with Gasteiger partial charge in [-0.05, 0) is 18.6 Å². The van der Waals surface area contributed by atoms with E-state index in [0.717, 1.165) is 16.9 Å². The molecule has 0 bridgehead atoms. The number of anilines is 1. The molecule has 0 unspecified atom stereocenters. The minimum atomic E-state index is 0.808. The molecule has 0 aliphatic heterocycles. The van der Waals surface area contributed by atoms with E-state index in [2.05, 4.69) is 15.5 Å². The first-order chi connectivity index (χ1) is 5.77. The molecular formula is C8H11N3O. The van der Waals surface area contributed by atoms with E-state index in [1.807, 2.05) is 20.0 Å². The predicted molar refractivity (Wildman–Crippen MR) is 47.9 cm³/mol. The molecule has 0 aliphatic carbocycles. The molecule has 12 heavy (non-hydrogen) atoms. The van der Waals surface area contributed by atoms with E-state index in [0.29, 0.717) is 0 Å². The van der Waals surface area contributed by atoms with Crippen molar-refractivity contribution in [3.8, 4) is 0 Å². The van der Waals surface area contributed by atoms with Gasteiger partial charge in [0.05, 0.1) is 6.21 Å². The van der Waals surface area contributed by atoms with Gasteiger partial charge in [-0.25, -0.2) is 4.98 Å². The normalized spacial score (nSPS) is 10.5. The third-order valence-electron chi connectivity index (χ3n) is 1.60. The molecular weight excluding hydrogens is 154 g/mol. The van der Waals surface area contributed by atoms with Crippen molar-refractivity contribution in [1.82, 2.24) is 4.98 Å². The average Bonchev–Trinajstić information content (AvgIpc) is 2.09. The topological polar surface area (TPSA) is 57.5 Å². The number of nitrogens with one attached hydrogen (secondary N) is 1. The summed E-state index contributed by atoms with van der Waals surface area (Å²) < 4.78 is 0. The van der Waals surface area contributed by atoms with Gasteiger partial charge in [0.25, 0.3) is 0 Å². The number of hydrogen-bond acceptors (Lipinski definition) is 4. The second kappa shape index (κ2) is 3.71. The number of nitrogens with zero attached hydrogens (tertiary/aromatic N) is 2. The summed E-state index contributed by atoms with van der Waals surface area (Å²) in [7, 11) is 1.81. The van der Waals surface area contributed by atoms with E-state index in [9.17, 15) is 0 Å². The molecule has 0 amide bonds. The molecule has 0 saturated heterocycles. The van der Waals surface area contributed by atoms with Crippen LogP contribution in [0.15, 0.2) is 17.4 Å². The summed E-state index contributed by atoms with van der Waals surface area (Å²) in [6.07, 6.45) is 3.02.